The maximum atomic E-state index is 13.5. The molecule has 0 radical (unpaired) electrons. The van der Waals surface area contributed by atoms with Crippen molar-refractivity contribution in [3.05, 3.63) is 28.8 Å². The Morgan fingerprint density at radius 2 is 2.11 bits per heavy atom. The minimum Gasteiger partial charge on any atom is -0.409 e. The molecule has 0 saturated heterocycles. The minimum absolute atomic E-state index is 0.247. The average molecular weight is 290 g/mol. The smallest absolute Gasteiger partial charge is 0.238 e. The van der Waals surface area contributed by atoms with Crippen LogP contribution in [0.1, 0.15) is 12.8 Å². The lowest BCUT2D eigenvalue weighted by Crippen LogP contribution is -2.36. The largest absolute Gasteiger partial charge is 0.409 e. The minimum atomic E-state index is -1.14. The Hall–Kier alpha value is -1.89. The van der Waals surface area contributed by atoms with Crippen molar-refractivity contribution in [2.24, 2.45) is 16.3 Å². The first-order chi connectivity index (χ1) is 8.90. The SMILES string of the molecule is NC(=NO)C1(C(=O)Nc2c(F)cc(F)cc2Cl)CC1. The summed E-state index contributed by atoms with van der Waals surface area (Å²) in [6.45, 7) is 0. The Kier molecular flexibility index (Phi) is 3.32. The third kappa shape index (κ3) is 2.33. The summed E-state index contributed by atoms with van der Waals surface area (Å²) < 4.78 is 26.4. The zero-order chi connectivity index (χ0) is 14.2. The fourth-order valence-corrected chi connectivity index (χ4v) is 1.96. The van der Waals surface area contributed by atoms with Crippen molar-refractivity contribution >= 4 is 29.0 Å². The number of nitrogens with zero attached hydrogens (tertiary/aromatic N) is 1. The highest BCUT2D eigenvalue weighted by Crippen LogP contribution is 2.47. The first-order valence-corrected chi connectivity index (χ1v) is 5.72. The first kappa shape index (κ1) is 13.5. The molecule has 1 saturated carbocycles. The normalized spacial score (nSPS) is 17.1. The Labute approximate surface area is 112 Å². The predicted octanol–water partition coefficient (Wildman–Crippen LogP) is 2.08. The van der Waals surface area contributed by atoms with E-state index < -0.39 is 23.0 Å². The van der Waals surface area contributed by atoms with Crippen LogP contribution >= 0.6 is 11.6 Å². The molecule has 1 aromatic carbocycles. The van der Waals surface area contributed by atoms with E-state index in [2.05, 4.69) is 10.5 Å². The van der Waals surface area contributed by atoms with E-state index in [0.717, 1.165) is 6.07 Å². The van der Waals surface area contributed by atoms with Gasteiger partial charge in [0.25, 0.3) is 0 Å². The second-order valence-corrected chi connectivity index (χ2v) is 4.67. The van der Waals surface area contributed by atoms with Gasteiger partial charge in [0.1, 0.15) is 11.2 Å². The summed E-state index contributed by atoms with van der Waals surface area (Å²) in [7, 11) is 0. The Morgan fingerprint density at radius 1 is 1.47 bits per heavy atom. The van der Waals surface area contributed by atoms with Crippen molar-refractivity contribution in [2.75, 3.05) is 5.32 Å². The lowest BCUT2D eigenvalue weighted by molar-refractivity contribution is -0.119. The molecule has 0 atom stereocenters. The summed E-state index contributed by atoms with van der Waals surface area (Å²) in [4.78, 5) is 12.0. The number of amidine groups is 1. The molecule has 0 aromatic heterocycles. The second-order valence-electron chi connectivity index (χ2n) is 4.27. The average Bonchev–Trinajstić information content (AvgIpc) is 3.13. The molecule has 1 aliphatic rings. The fourth-order valence-electron chi connectivity index (χ4n) is 1.72. The van der Waals surface area contributed by atoms with E-state index in [1.54, 1.807) is 0 Å². The standard InChI is InChI=1S/C11H10ClF2N3O2/c12-6-3-5(13)4-7(14)8(6)16-10(18)11(1-2-11)9(15)17-19/h3-4,19H,1-2H2,(H2,15,17)(H,16,18). The molecule has 0 aliphatic heterocycles. The van der Waals surface area contributed by atoms with Crippen molar-refractivity contribution in [2.45, 2.75) is 12.8 Å². The number of halogens is 3. The number of carbonyl (C=O) groups excluding carboxylic acids is 1. The highest BCUT2D eigenvalue weighted by Gasteiger charge is 2.54. The lowest BCUT2D eigenvalue weighted by Gasteiger charge is -2.15. The molecule has 1 amide bonds. The molecule has 4 N–H and O–H groups in total. The lowest BCUT2D eigenvalue weighted by atomic mass is 10.1. The number of carbonyl (C=O) groups is 1. The van der Waals surface area contributed by atoms with Gasteiger partial charge < -0.3 is 16.3 Å². The third-order valence-corrected chi connectivity index (χ3v) is 3.33. The number of hydrogen-bond donors (Lipinski definition) is 3. The van der Waals surface area contributed by atoms with Gasteiger partial charge in [-0.3, -0.25) is 4.79 Å². The van der Waals surface area contributed by atoms with E-state index in [1.807, 2.05) is 0 Å². The Balaban J connectivity index is 2.26. The number of amides is 1. The van der Waals surface area contributed by atoms with Crippen molar-refractivity contribution in [3.8, 4) is 0 Å². The Bertz CT molecular complexity index is 550. The number of nitrogens with two attached hydrogens (primary N) is 1. The van der Waals surface area contributed by atoms with Gasteiger partial charge in [0.15, 0.2) is 11.7 Å². The molecule has 102 valence electrons. The van der Waals surface area contributed by atoms with Gasteiger partial charge in [-0.05, 0) is 18.9 Å². The van der Waals surface area contributed by atoms with Crippen molar-refractivity contribution in [3.63, 3.8) is 0 Å². The van der Waals surface area contributed by atoms with Gasteiger partial charge in [-0.2, -0.15) is 0 Å². The first-order valence-electron chi connectivity index (χ1n) is 5.35. The molecule has 19 heavy (non-hydrogen) atoms. The van der Waals surface area contributed by atoms with Crippen LogP contribution < -0.4 is 11.1 Å². The van der Waals surface area contributed by atoms with Crippen LogP contribution in [0.3, 0.4) is 0 Å². The molecule has 1 fully saturated rings. The molecular weight excluding hydrogens is 280 g/mol. The molecule has 0 heterocycles. The van der Waals surface area contributed by atoms with Crippen LogP contribution in [-0.2, 0) is 4.79 Å². The Morgan fingerprint density at radius 3 is 2.58 bits per heavy atom. The van der Waals surface area contributed by atoms with Crippen LogP contribution in [0.25, 0.3) is 0 Å². The molecule has 5 nitrogen and oxygen atoms in total. The van der Waals surface area contributed by atoms with Crippen LogP contribution in [-0.4, -0.2) is 17.0 Å². The van der Waals surface area contributed by atoms with E-state index in [4.69, 9.17) is 22.5 Å². The molecule has 1 aliphatic carbocycles. The van der Waals surface area contributed by atoms with Gasteiger partial charge in [-0.15, -0.1) is 0 Å². The summed E-state index contributed by atoms with van der Waals surface area (Å²) in [5.41, 5.74) is 3.95. The molecule has 0 unspecified atom stereocenters. The van der Waals surface area contributed by atoms with Gasteiger partial charge in [0.2, 0.25) is 5.91 Å². The summed E-state index contributed by atoms with van der Waals surface area (Å²) in [5.74, 6) is -2.73. The van der Waals surface area contributed by atoms with Gasteiger partial charge in [-0.25, -0.2) is 8.78 Å². The number of hydrogen-bond acceptors (Lipinski definition) is 3. The van der Waals surface area contributed by atoms with E-state index in [9.17, 15) is 13.6 Å². The number of nitrogens with one attached hydrogen (secondary N) is 1. The summed E-state index contributed by atoms with van der Waals surface area (Å²) in [6.07, 6.45) is 0.768. The van der Waals surface area contributed by atoms with E-state index >= 15 is 0 Å². The maximum Gasteiger partial charge on any atom is 0.238 e. The molecule has 8 heteroatoms. The topological polar surface area (TPSA) is 87.7 Å². The predicted molar refractivity (Wildman–Crippen MR) is 65.1 cm³/mol. The van der Waals surface area contributed by atoms with Crippen molar-refractivity contribution in [1.29, 1.82) is 0 Å². The highest BCUT2D eigenvalue weighted by molar-refractivity contribution is 6.34. The maximum absolute atomic E-state index is 13.5. The second kappa shape index (κ2) is 4.65. The third-order valence-electron chi connectivity index (χ3n) is 3.03. The quantitative estimate of drug-likeness (QED) is 0.344. The monoisotopic (exact) mass is 289 g/mol. The van der Waals surface area contributed by atoms with Crippen LogP contribution in [0.15, 0.2) is 17.3 Å². The van der Waals surface area contributed by atoms with Crippen LogP contribution in [0.2, 0.25) is 5.02 Å². The number of oxime groups is 1. The van der Waals surface area contributed by atoms with Crippen LogP contribution in [0, 0.1) is 17.0 Å². The molecule has 2 rings (SSSR count). The summed E-state index contributed by atoms with van der Waals surface area (Å²) in [6, 6.07) is 1.48. The van der Waals surface area contributed by atoms with Crippen molar-refractivity contribution in [1.82, 2.24) is 0 Å². The zero-order valence-corrected chi connectivity index (χ0v) is 10.3. The van der Waals surface area contributed by atoms with Crippen LogP contribution in [0.5, 0.6) is 0 Å². The summed E-state index contributed by atoms with van der Waals surface area (Å²) >= 11 is 5.66. The number of benzene rings is 1. The van der Waals surface area contributed by atoms with Gasteiger partial charge in [0.05, 0.1) is 10.7 Å². The van der Waals surface area contributed by atoms with Gasteiger partial charge in [0, 0.05) is 6.07 Å². The van der Waals surface area contributed by atoms with E-state index in [1.165, 1.54) is 0 Å². The number of rotatable bonds is 3. The van der Waals surface area contributed by atoms with E-state index in [0.29, 0.717) is 18.9 Å². The van der Waals surface area contributed by atoms with E-state index in [-0.39, 0.29) is 16.5 Å². The molecule has 0 bridgehead atoms. The van der Waals surface area contributed by atoms with Crippen LogP contribution in [0.4, 0.5) is 14.5 Å². The highest BCUT2D eigenvalue weighted by atomic mass is 35.5. The fraction of sp³-hybridized carbons (Fsp3) is 0.273. The summed E-state index contributed by atoms with van der Waals surface area (Å²) in [5, 5.41) is 13.4. The van der Waals surface area contributed by atoms with Gasteiger partial charge >= 0.3 is 0 Å². The van der Waals surface area contributed by atoms with Gasteiger partial charge in [-0.1, -0.05) is 16.8 Å². The molecular formula is C11H10ClF2N3O2. The molecule has 1 aromatic rings. The molecule has 0 spiro atoms. The number of anilines is 1. The zero-order valence-electron chi connectivity index (χ0n) is 9.58. The van der Waals surface area contributed by atoms with Crippen molar-refractivity contribution < 1.29 is 18.8 Å².